The first-order chi connectivity index (χ1) is 11.8. The number of benzene rings is 2. The summed E-state index contributed by atoms with van der Waals surface area (Å²) in [5.74, 6) is -1.67. The first-order valence-corrected chi connectivity index (χ1v) is 7.61. The number of nitrogens with one attached hydrogen (secondary N) is 1. The minimum Gasteiger partial charge on any atom is -0.366 e. The SMILES string of the molecule is CC1(c2ccccc2F)NC(=O)N(Cc2ccc(C(N)=O)cc2)C1=O. The lowest BCUT2D eigenvalue weighted by Gasteiger charge is -2.22. The Kier molecular flexibility index (Phi) is 4.00. The van der Waals surface area contributed by atoms with Crippen LogP contribution in [-0.2, 0) is 16.9 Å². The monoisotopic (exact) mass is 341 g/mol. The summed E-state index contributed by atoms with van der Waals surface area (Å²) in [6.45, 7) is 1.48. The van der Waals surface area contributed by atoms with E-state index in [0.717, 1.165) is 4.90 Å². The van der Waals surface area contributed by atoms with E-state index in [1.807, 2.05) is 0 Å². The molecule has 0 saturated carbocycles. The van der Waals surface area contributed by atoms with Crippen molar-refractivity contribution in [3.8, 4) is 0 Å². The third-order valence-corrected chi connectivity index (χ3v) is 4.27. The van der Waals surface area contributed by atoms with Crippen molar-refractivity contribution in [2.45, 2.75) is 19.0 Å². The molecule has 6 nitrogen and oxygen atoms in total. The van der Waals surface area contributed by atoms with Crippen molar-refractivity contribution in [3.05, 3.63) is 71.0 Å². The van der Waals surface area contributed by atoms with Crippen molar-refractivity contribution >= 4 is 17.8 Å². The normalized spacial score (nSPS) is 19.8. The van der Waals surface area contributed by atoms with Crippen LogP contribution >= 0.6 is 0 Å². The second kappa shape index (κ2) is 6.01. The quantitative estimate of drug-likeness (QED) is 0.832. The molecule has 1 aliphatic rings. The van der Waals surface area contributed by atoms with E-state index in [1.54, 1.807) is 18.2 Å². The summed E-state index contributed by atoms with van der Waals surface area (Å²) in [6.07, 6.45) is 0. The molecule has 0 aromatic heterocycles. The molecule has 25 heavy (non-hydrogen) atoms. The third-order valence-electron chi connectivity index (χ3n) is 4.27. The van der Waals surface area contributed by atoms with Gasteiger partial charge in [-0.2, -0.15) is 0 Å². The largest absolute Gasteiger partial charge is 0.366 e. The van der Waals surface area contributed by atoms with Gasteiger partial charge in [-0.1, -0.05) is 30.3 Å². The highest BCUT2D eigenvalue weighted by Gasteiger charge is 2.50. The van der Waals surface area contributed by atoms with Crippen LogP contribution in [0.3, 0.4) is 0 Å². The van der Waals surface area contributed by atoms with E-state index < -0.39 is 29.2 Å². The highest BCUT2D eigenvalue weighted by Crippen LogP contribution is 2.31. The smallest absolute Gasteiger partial charge is 0.325 e. The molecule has 2 aromatic carbocycles. The van der Waals surface area contributed by atoms with Gasteiger partial charge in [-0.3, -0.25) is 14.5 Å². The molecule has 0 spiro atoms. The van der Waals surface area contributed by atoms with E-state index in [9.17, 15) is 18.8 Å². The zero-order valence-electron chi connectivity index (χ0n) is 13.5. The first-order valence-electron chi connectivity index (χ1n) is 7.61. The average Bonchev–Trinajstić information content (AvgIpc) is 2.80. The molecule has 0 radical (unpaired) electrons. The second-order valence-electron chi connectivity index (χ2n) is 5.99. The highest BCUT2D eigenvalue weighted by atomic mass is 19.1. The van der Waals surface area contributed by atoms with Crippen LogP contribution in [0.25, 0.3) is 0 Å². The lowest BCUT2D eigenvalue weighted by molar-refractivity contribution is -0.131. The lowest BCUT2D eigenvalue weighted by Crippen LogP contribution is -2.41. The third kappa shape index (κ3) is 2.84. The van der Waals surface area contributed by atoms with E-state index in [0.29, 0.717) is 11.1 Å². The zero-order chi connectivity index (χ0) is 18.2. The minimum absolute atomic E-state index is 0.00769. The molecule has 1 unspecified atom stereocenters. The topological polar surface area (TPSA) is 92.5 Å². The van der Waals surface area contributed by atoms with Crippen molar-refractivity contribution in [1.29, 1.82) is 0 Å². The fourth-order valence-corrected chi connectivity index (χ4v) is 2.85. The highest BCUT2D eigenvalue weighted by molar-refractivity contribution is 6.07. The molecule has 4 amide bonds. The molecular formula is C18H16FN3O3. The van der Waals surface area contributed by atoms with Crippen molar-refractivity contribution in [3.63, 3.8) is 0 Å². The molecule has 3 N–H and O–H groups in total. The van der Waals surface area contributed by atoms with Crippen molar-refractivity contribution < 1.29 is 18.8 Å². The maximum atomic E-state index is 14.1. The molecule has 0 aliphatic carbocycles. The fraction of sp³-hybridized carbons (Fsp3) is 0.167. The van der Waals surface area contributed by atoms with Crippen molar-refractivity contribution in [2.75, 3.05) is 0 Å². The van der Waals surface area contributed by atoms with Crippen LogP contribution in [0.5, 0.6) is 0 Å². The van der Waals surface area contributed by atoms with Crippen LogP contribution in [0.4, 0.5) is 9.18 Å². The summed E-state index contributed by atoms with van der Waals surface area (Å²) in [4.78, 5) is 37.1. The number of amides is 4. The van der Waals surface area contributed by atoms with Crippen LogP contribution < -0.4 is 11.1 Å². The number of hydrogen-bond donors (Lipinski definition) is 2. The Hall–Kier alpha value is -3.22. The lowest BCUT2D eigenvalue weighted by atomic mass is 9.91. The molecule has 2 aromatic rings. The number of rotatable bonds is 4. The van der Waals surface area contributed by atoms with Gasteiger partial charge in [0.05, 0.1) is 6.54 Å². The average molecular weight is 341 g/mol. The molecule has 7 heteroatoms. The summed E-state index contributed by atoms with van der Waals surface area (Å²) in [6, 6.07) is 11.5. The van der Waals surface area contributed by atoms with Gasteiger partial charge in [-0.25, -0.2) is 9.18 Å². The molecule has 3 rings (SSSR count). The van der Waals surface area contributed by atoms with Crippen LogP contribution in [0.1, 0.15) is 28.4 Å². The Morgan fingerprint density at radius 2 is 1.80 bits per heavy atom. The molecule has 1 saturated heterocycles. The number of hydrogen-bond acceptors (Lipinski definition) is 3. The number of primary amides is 1. The van der Waals surface area contributed by atoms with E-state index in [-0.39, 0.29) is 12.1 Å². The van der Waals surface area contributed by atoms with E-state index in [4.69, 9.17) is 5.73 Å². The Labute approximate surface area is 143 Å². The standard InChI is InChI=1S/C18H16FN3O3/c1-18(13-4-2-3-5-14(13)19)16(24)22(17(25)21-18)10-11-6-8-12(9-7-11)15(20)23/h2-9H,10H2,1H3,(H2,20,23)(H,21,25). The van der Waals surface area contributed by atoms with Gasteiger partial charge in [0.15, 0.2) is 0 Å². The van der Waals surface area contributed by atoms with Crippen LogP contribution in [0, 0.1) is 5.82 Å². The maximum Gasteiger partial charge on any atom is 0.325 e. The van der Waals surface area contributed by atoms with E-state index >= 15 is 0 Å². The number of nitrogens with two attached hydrogens (primary N) is 1. The number of nitrogens with zero attached hydrogens (tertiary/aromatic N) is 1. The van der Waals surface area contributed by atoms with Gasteiger partial charge < -0.3 is 11.1 Å². The summed E-state index contributed by atoms with van der Waals surface area (Å²) >= 11 is 0. The first kappa shape index (κ1) is 16.6. The predicted octanol–water partition coefficient (Wildman–Crippen LogP) is 1.89. The molecule has 0 bridgehead atoms. The molecule has 1 aliphatic heterocycles. The van der Waals surface area contributed by atoms with Crippen LogP contribution in [0.2, 0.25) is 0 Å². The summed E-state index contributed by atoms with van der Waals surface area (Å²) in [5.41, 5.74) is 4.81. The van der Waals surface area contributed by atoms with Gasteiger partial charge in [0, 0.05) is 11.1 Å². The molecule has 1 atom stereocenters. The Bertz CT molecular complexity index is 866. The zero-order valence-corrected chi connectivity index (χ0v) is 13.5. The Balaban J connectivity index is 1.87. The predicted molar refractivity (Wildman–Crippen MR) is 87.8 cm³/mol. The number of imide groups is 1. The van der Waals surface area contributed by atoms with Gasteiger partial charge in [0.25, 0.3) is 5.91 Å². The summed E-state index contributed by atoms with van der Waals surface area (Å²) in [5, 5.41) is 2.56. The van der Waals surface area contributed by atoms with Crippen molar-refractivity contribution in [2.24, 2.45) is 5.73 Å². The maximum absolute atomic E-state index is 14.1. The summed E-state index contributed by atoms with van der Waals surface area (Å²) < 4.78 is 14.1. The van der Waals surface area contributed by atoms with Crippen LogP contribution in [-0.4, -0.2) is 22.7 Å². The molecular weight excluding hydrogens is 325 g/mol. The summed E-state index contributed by atoms with van der Waals surface area (Å²) in [7, 11) is 0. The second-order valence-corrected chi connectivity index (χ2v) is 5.99. The molecule has 1 heterocycles. The van der Waals surface area contributed by atoms with E-state index in [2.05, 4.69) is 5.32 Å². The Morgan fingerprint density at radius 3 is 2.40 bits per heavy atom. The van der Waals surface area contributed by atoms with Gasteiger partial charge in [0.2, 0.25) is 5.91 Å². The number of carbonyl (C=O) groups is 3. The number of urea groups is 1. The number of halogens is 1. The number of carbonyl (C=O) groups excluding carboxylic acids is 3. The van der Waals surface area contributed by atoms with Gasteiger partial charge in [-0.05, 0) is 30.7 Å². The fourth-order valence-electron chi connectivity index (χ4n) is 2.85. The van der Waals surface area contributed by atoms with Gasteiger partial charge >= 0.3 is 6.03 Å². The van der Waals surface area contributed by atoms with E-state index in [1.165, 1.54) is 37.3 Å². The van der Waals surface area contributed by atoms with Crippen LogP contribution in [0.15, 0.2) is 48.5 Å². The van der Waals surface area contributed by atoms with Crippen molar-refractivity contribution in [1.82, 2.24) is 10.2 Å². The Morgan fingerprint density at radius 1 is 1.16 bits per heavy atom. The minimum atomic E-state index is -1.46. The molecule has 128 valence electrons. The van der Waals surface area contributed by atoms with Gasteiger partial charge in [0.1, 0.15) is 11.4 Å². The molecule has 1 fully saturated rings. The van der Waals surface area contributed by atoms with Gasteiger partial charge in [-0.15, -0.1) is 0 Å².